The van der Waals surface area contributed by atoms with Crippen molar-refractivity contribution in [2.45, 2.75) is 34.1 Å². The number of hydrogen-bond acceptors (Lipinski definition) is 6. The van der Waals surface area contributed by atoms with Crippen molar-refractivity contribution < 1.29 is 9.53 Å². The van der Waals surface area contributed by atoms with Crippen LogP contribution in [-0.2, 0) is 11.2 Å². The maximum atomic E-state index is 12.3. The summed E-state index contributed by atoms with van der Waals surface area (Å²) in [5.74, 6) is 0.223. The fourth-order valence-electron chi connectivity index (χ4n) is 3.63. The number of H-pyrrole nitrogens is 1. The van der Waals surface area contributed by atoms with Crippen LogP contribution in [-0.4, -0.2) is 42.5 Å². The molecular weight excluding hydrogens is 392 g/mol. The number of aromatic amines is 1. The molecule has 0 saturated carbocycles. The molecule has 0 radical (unpaired) electrons. The van der Waals surface area contributed by atoms with Crippen molar-refractivity contribution in [3.8, 4) is 17.1 Å². The highest BCUT2D eigenvalue weighted by atomic mass is 16.5. The van der Waals surface area contributed by atoms with E-state index < -0.39 is 0 Å². The van der Waals surface area contributed by atoms with Crippen LogP contribution in [0, 0.1) is 20.8 Å². The molecule has 0 fully saturated rings. The van der Waals surface area contributed by atoms with Gasteiger partial charge >= 0.3 is 5.97 Å². The lowest BCUT2D eigenvalue weighted by molar-refractivity contribution is 0.0524. The third-order valence-corrected chi connectivity index (χ3v) is 5.21. The fraction of sp³-hybridized carbons (Fsp3) is 0.261. The number of rotatable bonds is 6. The van der Waals surface area contributed by atoms with Crippen molar-refractivity contribution in [2.75, 3.05) is 6.61 Å². The number of esters is 1. The second kappa shape index (κ2) is 8.51. The number of nitrogens with one attached hydrogen (secondary N) is 1. The summed E-state index contributed by atoms with van der Waals surface area (Å²) in [5, 5.41) is 12.1. The van der Waals surface area contributed by atoms with E-state index in [0.29, 0.717) is 35.8 Å². The Balaban J connectivity index is 1.63. The maximum absolute atomic E-state index is 12.3. The van der Waals surface area contributed by atoms with E-state index in [1.165, 1.54) is 6.33 Å². The number of aromatic nitrogens is 6. The minimum Gasteiger partial charge on any atom is -0.462 e. The molecule has 0 saturated heterocycles. The summed E-state index contributed by atoms with van der Waals surface area (Å²) in [5.41, 5.74) is 6.66. The Hall–Kier alpha value is -3.81. The number of ether oxygens (including phenoxy) is 1. The molecule has 4 aromatic rings. The summed E-state index contributed by atoms with van der Waals surface area (Å²) in [7, 11) is 0. The Morgan fingerprint density at radius 3 is 2.65 bits per heavy atom. The summed E-state index contributed by atoms with van der Waals surface area (Å²) in [6.07, 6.45) is 2.08. The first-order chi connectivity index (χ1) is 15.0. The quantitative estimate of drug-likeness (QED) is 0.481. The van der Waals surface area contributed by atoms with Gasteiger partial charge in [0.1, 0.15) is 11.9 Å². The van der Waals surface area contributed by atoms with Gasteiger partial charge in [-0.25, -0.2) is 19.4 Å². The minimum atomic E-state index is -0.375. The highest BCUT2D eigenvalue weighted by Gasteiger charge is 2.21. The molecule has 31 heavy (non-hydrogen) atoms. The first-order valence-corrected chi connectivity index (χ1v) is 10.1. The van der Waals surface area contributed by atoms with Gasteiger partial charge in [-0.05, 0) is 33.3 Å². The Labute approximate surface area is 180 Å². The lowest BCUT2D eigenvalue weighted by Crippen LogP contribution is -2.08. The lowest BCUT2D eigenvalue weighted by Gasteiger charge is -2.06. The van der Waals surface area contributed by atoms with Crippen molar-refractivity contribution in [1.29, 1.82) is 0 Å². The van der Waals surface area contributed by atoms with Crippen LogP contribution in [0.25, 0.3) is 17.1 Å². The number of carbonyl (C=O) groups excluding carboxylic acids is 1. The molecule has 0 atom stereocenters. The number of carbonyl (C=O) groups is 1. The second-order valence-corrected chi connectivity index (χ2v) is 7.26. The molecule has 3 heterocycles. The predicted molar refractivity (Wildman–Crippen MR) is 116 cm³/mol. The molecule has 1 N–H and O–H groups in total. The van der Waals surface area contributed by atoms with Crippen molar-refractivity contribution in [3.05, 3.63) is 76.6 Å². The van der Waals surface area contributed by atoms with Gasteiger partial charge in [0.2, 0.25) is 0 Å². The topological polar surface area (TPSA) is 98.6 Å². The van der Waals surface area contributed by atoms with Gasteiger partial charge in [0.25, 0.3) is 0 Å². The highest BCUT2D eigenvalue weighted by molar-refractivity contribution is 5.92. The minimum absolute atomic E-state index is 0.315. The first kappa shape index (κ1) is 20.5. The zero-order valence-corrected chi connectivity index (χ0v) is 18.0. The van der Waals surface area contributed by atoms with Crippen LogP contribution >= 0.6 is 0 Å². The average molecular weight is 416 g/mol. The van der Waals surface area contributed by atoms with Crippen LogP contribution in [0.3, 0.4) is 0 Å². The van der Waals surface area contributed by atoms with E-state index in [1.54, 1.807) is 18.5 Å². The molecule has 0 aliphatic carbocycles. The van der Waals surface area contributed by atoms with Gasteiger partial charge in [-0.3, -0.25) is 5.10 Å². The Bertz CT molecular complexity index is 1230. The molecule has 0 amide bonds. The Morgan fingerprint density at radius 2 is 1.90 bits per heavy atom. The molecule has 3 aromatic heterocycles. The monoisotopic (exact) mass is 416 g/mol. The number of aryl methyl sites for hydroxylation is 1. The molecule has 0 bridgehead atoms. The zero-order valence-electron chi connectivity index (χ0n) is 18.0. The van der Waals surface area contributed by atoms with Crippen LogP contribution in [0.15, 0.2) is 42.7 Å². The fourth-order valence-corrected chi connectivity index (χ4v) is 3.63. The van der Waals surface area contributed by atoms with Crippen molar-refractivity contribution >= 4 is 5.97 Å². The van der Waals surface area contributed by atoms with E-state index in [9.17, 15) is 4.79 Å². The Kier molecular flexibility index (Phi) is 5.62. The van der Waals surface area contributed by atoms with Gasteiger partial charge in [-0.15, -0.1) is 0 Å². The summed E-state index contributed by atoms with van der Waals surface area (Å²) in [6.45, 7) is 7.77. The van der Waals surface area contributed by atoms with Crippen molar-refractivity contribution in [3.63, 3.8) is 0 Å². The SMILES string of the molecule is CCOC(=O)c1c(C)nn(-c2cc(Cc3[nH]nc(-c4ccccc4)c3C)ncn2)c1C. The number of benzene rings is 1. The third-order valence-electron chi connectivity index (χ3n) is 5.21. The van der Waals surface area contributed by atoms with Crippen LogP contribution in [0.2, 0.25) is 0 Å². The molecule has 0 aliphatic rings. The van der Waals surface area contributed by atoms with Crippen LogP contribution in [0.1, 0.15) is 45.6 Å². The summed E-state index contributed by atoms with van der Waals surface area (Å²) in [6, 6.07) is 11.9. The highest BCUT2D eigenvalue weighted by Crippen LogP contribution is 2.24. The molecule has 1 aromatic carbocycles. The van der Waals surface area contributed by atoms with Crippen molar-refractivity contribution in [1.82, 2.24) is 29.9 Å². The van der Waals surface area contributed by atoms with Crippen LogP contribution in [0.5, 0.6) is 0 Å². The molecule has 158 valence electrons. The van der Waals surface area contributed by atoms with Gasteiger partial charge in [0.05, 0.1) is 29.4 Å². The van der Waals surface area contributed by atoms with Crippen molar-refractivity contribution in [2.24, 2.45) is 0 Å². The van der Waals surface area contributed by atoms with E-state index >= 15 is 0 Å². The van der Waals surface area contributed by atoms with Gasteiger partial charge in [-0.2, -0.15) is 10.2 Å². The van der Waals surface area contributed by atoms with Gasteiger partial charge in [-0.1, -0.05) is 30.3 Å². The third kappa shape index (κ3) is 3.96. The predicted octanol–water partition coefficient (Wildman–Crippen LogP) is 3.75. The average Bonchev–Trinajstić information content (AvgIpc) is 3.28. The molecule has 0 spiro atoms. The van der Waals surface area contributed by atoms with E-state index in [-0.39, 0.29) is 5.97 Å². The van der Waals surface area contributed by atoms with Crippen LogP contribution < -0.4 is 0 Å². The van der Waals surface area contributed by atoms with Crippen LogP contribution in [0.4, 0.5) is 0 Å². The molecule has 0 unspecified atom stereocenters. The largest absolute Gasteiger partial charge is 0.462 e. The number of nitrogens with zero attached hydrogens (tertiary/aromatic N) is 5. The molecule has 4 rings (SSSR count). The van der Waals surface area contributed by atoms with Gasteiger partial charge in [0.15, 0.2) is 5.82 Å². The summed E-state index contributed by atoms with van der Waals surface area (Å²) in [4.78, 5) is 21.1. The first-order valence-electron chi connectivity index (χ1n) is 10.1. The van der Waals surface area contributed by atoms with E-state index in [2.05, 4.69) is 32.2 Å². The normalized spacial score (nSPS) is 11.0. The van der Waals surface area contributed by atoms with E-state index in [1.807, 2.05) is 43.3 Å². The molecule has 8 nitrogen and oxygen atoms in total. The molecule has 8 heteroatoms. The molecule has 0 aliphatic heterocycles. The summed E-state index contributed by atoms with van der Waals surface area (Å²) >= 11 is 0. The summed E-state index contributed by atoms with van der Waals surface area (Å²) < 4.78 is 6.81. The second-order valence-electron chi connectivity index (χ2n) is 7.26. The standard InChI is InChI=1S/C23H24N6O2/c1-5-31-23(30)21-15(3)28-29(16(21)4)20-12-18(24-13-25-20)11-19-14(2)22(27-26-19)17-9-7-6-8-10-17/h6-10,12-13H,5,11H2,1-4H3,(H,26,27). The van der Waals surface area contributed by atoms with Gasteiger partial charge < -0.3 is 4.74 Å². The van der Waals surface area contributed by atoms with E-state index in [0.717, 1.165) is 28.2 Å². The van der Waals surface area contributed by atoms with E-state index in [4.69, 9.17) is 4.74 Å². The molecular formula is C23H24N6O2. The Morgan fingerprint density at radius 1 is 1.13 bits per heavy atom. The number of hydrogen-bond donors (Lipinski definition) is 1. The van der Waals surface area contributed by atoms with Gasteiger partial charge in [0, 0.05) is 23.7 Å². The smallest absolute Gasteiger partial charge is 0.341 e. The lowest BCUT2D eigenvalue weighted by atomic mass is 10.1. The zero-order chi connectivity index (χ0) is 22.0. The maximum Gasteiger partial charge on any atom is 0.341 e.